The first kappa shape index (κ1) is 24.5. The van der Waals surface area contributed by atoms with Crippen molar-refractivity contribution in [3.8, 4) is 11.1 Å². The molecule has 2 amide bonds. The quantitative estimate of drug-likeness (QED) is 0.587. The molecule has 2 aromatic carbocycles. The van der Waals surface area contributed by atoms with Gasteiger partial charge in [0.25, 0.3) is 0 Å². The molecule has 8 nitrogen and oxygen atoms in total. The van der Waals surface area contributed by atoms with Gasteiger partial charge in [0.15, 0.2) is 0 Å². The summed E-state index contributed by atoms with van der Waals surface area (Å²) in [5.74, 6) is -2.42. The number of fused-ring (bicyclic) bond motifs is 3. The van der Waals surface area contributed by atoms with Gasteiger partial charge in [-0.2, -0.15) is 13.2 Å². The lowest BCUT2D eigenvalue weighted by Crippen LogP contribution is -2.60. The molecule has 1 fully saturated rings. The summed E-state index contributed by atoms with van der Waals surface area (Å²) >= 11 is 0. The highest BCUT2D eigenvalue weighted by atomic mass is 19.4. The van der Waals surface area contributed by atoms with Crippen molar-refractivity contribution in [1.82, 2.24) is 10.2 Å². The van der Waals surface area contributed by atoms with Gasteiger partial charge in [-0.15, -0.1) is 0 Å². The zero-order valence-electron chi connectivity index (χ0n) is 18.5. The number of nitrogens with zero attached hydrogens (tertiary/aromatic N) is 1. The van der Waals surface area contributed by atoms with Crippen molar-refractivity contribution in [2.75, 3.05) is 26.3 Å². The highest BCUT2D eigenvalue weighted by Crippen LogP contribution is 2.44. The van der Waals surface area contributed by atoms with E-state index in [4.69, 9.17) is 14.6 Å². The zero-order valence-corrected chi connectivity index (χ0v) is 18.5. The summed E-state index contributed by atoms with van der Waals surface area (Å²) < 4.78 is 49.6. The van der Waals surface area contributed by atoms with Gasteiger partial charge >= 0.3 is 18.2 Å². The molecule has 1 unspecified atom stereocenters. The lowest BCUT2D eigenvalue weighted by atomic mass is 9.98. The molecule has 0 saturated carbocycles. The summed E-state index contributed by atoms with van der Waals surface area (Å²) in [6.07, 6.45) is -7.99. The molecule has 0 radical (unpaired) electrons. The second-order valence-electron chi connectivity index (χ2n) is 8.41. The van der Waals surface area contributed by atoms with E-state index in [-0.39, 0.29) is 25.6 Å². The van der Waals surface area contributed by atoms with Crippen LogP contribution in [0.4, 0.5) is 18.0 Å². The molecule has 1 saturated heterocycles. The van der Waals surface area contributed by atoms with Crippen LogP contribution >= 0.6 is 0 Å². The average Bonchev–Trinajstić information content (AvgIpc) is 3.08. The third-order valence-electron chi connectivity index (χ3n) is 5.97. The predicted octanol–water partition coefficient (Wildman–Crippen LogP) is 3.16. The van der Waals surface area contributed by atoms with Crippen LogP contribution in [0.15, 0.2) is 48.5 Å². The Morgan fingerprint density at radius 1 is 1.03 bits per heavy atom. The van der Waals surface area contributed by atoms with E-state index in [9.17, 15) is 27.6 Å². The van der Waals surface area contributed by atoms with E-state index in [0.717, 1.165) is 27.2 Å². The van der Waals surface area contributed by atoms with Gasteiger partial charge in [-0.25, -0.2) is 9.59 Å². The van der Waals surface area contributed by atoms with Crippen LogP contribution in [0.1, 0.15) is 23.5 Å². The van der Waals surface area contributed by atoms with Gasteiger partial charge in [0.05, 0.1) is 12.5 Å². The van der Waals surface area contributed by atoms with Crippen LogP contribution in [0.25, 0.3) is 11.1 Å². The summed E-state index contributed by atoms with van der Waals surface area (Å²) in [6.45, 7) is -0.808. The largest absolute Gasteiger partial charge is 0.480 e. The van der Waals surface area contributed by atoms with Crippen LogP contribution in [0.3, 0.4) is 0 Å². The van der Waals surface area contributed by atoms with Crippen LogP contribution in [-0.2, 0) is 19.1 Å². The number of ether oxygens (including phenoxy) is 2. The van der Waals surface area contributed by atoms with E-state index >= 15 is 0 Å². The smallest absolute Gasteiger partial charge is 0.407 e. The van der Waals surface area contributed by atoms with Crippen molar-refractivity contribution >= 4 is 18.0 Å². The molecule has 1 atom stereocenters. The number of hydrogen-bond donors (Lipinski definition) is 2. The first-order valence-corrected chi connectivity index (χ1v) is 10.9. The molecule has 4 rings (SSSR count). The maximum atomic E-state index is 13.1. The molecule has 1 aliphatic heterocycles. The Morgan fingerprint density at radius 3 is 2.14 bits per heavy atom. The Morgan fingerprint density at radius 2 is 1.60 bits per heavy atom. The van der Waals surface area contributed by atoms with E-state index in [0.29, 0.717) is 0 Å². The summed E-state index contributed by atoms with van der Waals surface area (Å²) in [6, 6.07) is 13.4. The van der Waals surface area contributed by atoms with Crippen molar-refractivity contribution in [2.45, 2.75) is 30.7 Å². The normalized spacial score (nSPS) is 16.1. The van der Waals surface area contributed by atoms with Crippen LogP contribution in [0, 0.1) is 0 Å². The van der Waals surface area contributed by atoms with E-state index in [1.807, 2.05) is 48.5 Å². The maximum Gasteiger partial charge on any atom is 0.407 e. The number of alkyl halides is 3. The molecule has 1 heterocycles. The first-order chi connectivity index (χ1) is 16.6. The molecule has 11 heteroatoms. The molecule has 186 valence electrons. The number of hydrogen-bond acceptors (Lipinski definition) is 5. The highest BCUT2D eigenvalue weighted by molar-refractivity contribution is 5.86. The Bertz CT molecular complexity index is 1070. The van der Waals surface area contributed by atoms with Crippen LogP contribution in [0.2, 0.25) is 0 Å². The lowest BCUT2D eigenvalue weighted by Gasteiger charge is -2.40. The predicted molar refractivity (Wildman–Crippen MR) is 117 cm³/mol. The van der Waals surface area contributed by atoms with Crippen molar-refractivity contribution in [3.63, 3.8) is 0 Å². The van der Waals surface area contributed by atoms with Gasteiger partial charge in [-0.1, -0.05) is 48.5 Å². The van der Waals surface area contributed by atoms with Crippen molar-refractivity contribution in [1.29, 1.82) is 0 Å². The summed E-state index contributed by atoms with van der Waals surface area (Å²) in [5.41, 5.74) is 3.88. The fraction of sp³-hybridized carbons (Fsp3) is 0.375. The van der Waals surface area contributed by atoms with Crippen molar-refractivity contribution in [2.24, 2.45) is 0 Å². The highest BCUT2D eigenvalue weighted by Gasteiger charge is 2.42. The van der Waals surface area contributed by atoms with Gasteiger partial charge in [0, 0.05) is 19.0 Å². The molecule has 1 aliphatic carbocycles. The number of carbonyl (C=O) groups is 3. The van der Waals surface area contributed by atoms with Crippen molar-refractivity contribution < 1.29 is 42.1 Å². The summed E-state index contributed by atoms with van der Waals surface area (Å²) in [5, 5.41) is 10.7. The first-order valence-electron chi connectivity index (χ1n) is 10.9. The van der Waals surface area contributed by atoms with Gasteiger partial charge in [0.2, 0.25) is 5.91 Å². The topological polar surface area (TPSA) is 105 Å². The monoisotopic (exact) mass is 492 g/mol. The average molecular weight is 492 g/mol. The number of amides is 2. The number of likely N-dealkylation sites (tertiary alicyclic amines) is 1. The number of nitrogens with one attached hydrogen (secondary N) is 1. The molecular formula is C24H23F3N2O6. The minimum Gasteiger partial charge on any atom is -0.480 e. The molecule has 2 aromatic rings. The summed E-state index contributed by atoms with van der Waals surface area (Å²) in [7, 11) is 0. The number of halogens is 3. The number of rotatable bonds is 8. The maximum absolute atomic E-state index is 13.1. The Labute approximate surface area is 198 Å². The van der Waals surface area contributed by atoms with E-state index in [1.165, 1.54) is 0 Å². The Balaban J connectivity index is 1.37. The van der Waals surface area contributed by atoms with E-state index < -0.39 is 49.3 Å². The third-order valence-corrected chi connectivity index (χ3v) is 5.97. The van der Waals surface area contributed by atoms with Crippen LogP contribution in [0.5, 0.6) is 0 Å². The van der Waals surface area contributed by atoms with E-state index in [2.05, 4.69) is 5.32 Å². The second-order valence-corrected chi connectivity index (χ2v) is 8.41. The molecule has 0 aromatic heterocycles. The SMILES string of the molecule is O=C(O)COC1CN(C(=O)C(CC(F)(F)F)NC(=O)OCC2c3ccccc3-c3ccccc32)C1. The van der Waals surface area contributed by atoms with Gasteiger partial charge in [-0.05, 0) is 22.3 Å². The minimum absolute atomic E-state index is 0.0627. The fourth-order valence-electron chi connectivity index (χ4n) is 4.35. The molecule has 2 aliphatic rings. The molecule has 0 spiro atoms. The lowest BCUT2D eigenvalue weighted by molar-refractivity contribution is -0.164. The number of benzene rings is 2. The number of carboxylic acid groups (broad SMARTS) is 1. The summed E-state index contributed by atoms with van der Waals surface area (Å²) in [4.78, 5) is 36.7. The fourth-order valence-corrected chi connectivity index (χ4v) is 4.35. The Hall–Kier alpha value is -3.60. The number of alkyl carbamates (subject to hydrolysis) is 1. The van der Waals surface area contributed by atoms with E-state index in [1.54, 1.807) is 0 Å². The van der Waals surface area contributed by atoms with Crippen molar-refractivity contribution in [3.05, 3.63) is 59.7 Å². The molecular weight excluding hydrogens is 469 g/mol. The zero-order chi connectivity index (χ0) is 25.2. The second kappa shape index (κ2) is 9.95. The standard InChI is InChI=1S/C24H23F3N2O6/c25-24(26,27)9-20(22(32)29-10-14(11-29)34-13-21(30)31)28-23(33)35-12-19-17-7-3-1-5-15(17)16-6-2-4-8-18(16)19/h1-8,14,19-20H,9-13H2,(H,28,33)(H,30,31). The third kappa shape index (κ3) is 5.73. The van der Waals surface area contributed by atoms with Gasteiger partial charge in [0.1, 0.15) is 19.3 Å². The molecule has 0 bridgehead atoms. The number of carboxylic acids is 1. The van der Waals surface area contributed by atoms with Gasteiger partial charge < -0.3 is 24.8 Å². The van der Waals surface area contributed by atoms with Crippen LogP contribution < -0.4 is 5.32 Å². The number of carbonyl (C=O) groups excluding carboxylic acids is 2. The Kier molecular flexibility index (Phi) is 6.97. The number of aliphatic carboxylic acids is 1. The van der Waals surface area contributed by atoms with Gasteiger partial charge in [-0.3, -0.25) is 4.79 Å². The molecule has 2 N–H and O–H groups in total. The molecule has 35 heavy (non-hydrogen) atoms. The minimum atomic E-state index is -4.71. The van der Waals surface area contributed by atoms with Crippen LogP contribution in [-0.4, -0.2) is 72.6 Å².